The predicted molar refractivity (Wildman–Crippen MR) is 129 cm³/mol. The highest BCUT2D eigenvalue weighted by Gasteiger charge is 2.19. The first kappa shape index (κ1) is 19.7. The maximum absolute atomic E-state index is 5.46. The van der Waals surface area contributed by atoms with Crippen LogP contribution >= 0.6 is 11.3 Å². The van der Waals surface area contributed by atoms with Gasteiger partial charge in [-0.15, -0.1) is 11.3 Å². The predicted octanol–water partition coefficient (Wildman–Crippen LogP) is 6.82. The minimum atomic E-state index is 0.339. The molecule has 31 heavy (non-hydrogen) atoms. The van der Waals surface area contributed by atoms with Crippen molar-refractivity contribution in [1.29, 1.82) is 0 Å². The van der Waals surface area contributed by atoms with Gasteiger partial charge in [-0.1, -0.05) is 0 Å². The zero-order valence-electron chi connectivity index (χ0n) is 18.3. The quantitative estimate of drug-likeness (QED) is 0.332. The van der Waals surface area contributed by atoms with Crippen molar-refractivity contribution in [2.75, 3.05) is 14.2 Å². The molecule has 0 aliphatic rings. The van der Waals surface area contributed by atoms with Gasteiger partial charge < -0.3 is 19.0 Å². The monoisotopic (exact) mass is 431 g/mol. The molecule has 5 rings (SSSR count). The van der Waals surface area contributed by atoms with Crippen molar-refractivity contribution in [3.05, 3.63) is 53.7 Å². The number of hydrogen-bond donors (Lipinski definition) is 1. The van der Waals surface area contributed by atoms with Crippen molar-refractivity contribution in [3.8, 4) is 33.3 Å². The molecular weight excluding hydrogens is 406 g/mol. The Kier molecular flexibility index (Phi) is 4.74. The van der Waals surface area contributed by atoms with Crippen molar-refractivity contribution in [2.24, 2.45) is 0 Å². The first-order chi connectivity index (χ1) is 15.0. The second kappa shape index (κ2) is 7.46. The molecule has 0 aliphatic carbocycles. The van der Waals surface area contributed by atoms with Gasteiger partial charge in [-0.25, -0.2) is 4.98 Å². The fourth-order valence-electron chi connectivity index (χ4n) is 4.23. The number of thiazole rings is 1. The zero-order valence-corrected chi connectivity index (χ0v) is 19.1. The molecule has 0 fully saturated rings. The molecule has 158 valence electrons. The van der Waals surface area contributed by atoms with Gasteiger partial charge in [-0.05, 0) is 51.1 Å². The average Bonchev–Trinajstić information content (AvgIpc) is 3.46. The number of benzene rings is 2. The molecule has 0 saturated carbocycles. The van der Waals surface area contributed by atoms with Gasteiger partial charge in [0.05, 0.1) is 25.4 Å². The molecule has 0 unspecified atom stereocenters. The van der Waals surface area contributed by atoms with Crippen molar-refractivity contribution in [1.82, 2.24) is 14.5 Å². The molecule has 5 nitrogen and oxygen atoms in total. The van der Waals surface area contributed by atoms with E-state index in [1.807, 2.05) is 12.1 Å². The average molecular weight is 432 g/mol. The van der Waals surface area contributed by atoms with Crippen LogP contribution in [0.25, 0.3) is 43.6 Å². The van der Waals surface area contributed by atoms with E-state index in [9.17, 15) is 0 Å². The van der Waals surface area contributed by atoms with Gasteiger partial charge in [0.25, 0.3) is 0 Å². The Morgan fingerprint density at radius 1 is 1.00 bits per heavy atom. The van der Waals surface area contributed by atoms with Crippen LogP contribution in [0.4, 0.5) is 0 Å². The third-order valence-electron chi connectivity index (χ3n) is 5.78. The maximum Gasteiger partial charge on any atom is 0.126 e. The minimum Gasteiger partial charge on any atom is -0.497 e. The number of aromatic amines is 1. The fourth-order valence-corrected chi connectivity index (χ4v) is 5.07. The molecule has 0 saturated heterocycles. The van der Waals surface area contributed by atoms with Gasteiger partial charge in [0, 0.05) is 56.8 Å². The van der Waals surface area contributed by atoms with Crippen LogP contribution < -0.4 is 9.47 Å². The number of H-pyrrole nitrogens is 1. The lowest BCUT2D eigenvalue weighted by molar-refractivity contribution is 0.415. The van der Waals surface area contributed by atoms with Crippen molar-refractivity contribution in [2.45, 2.75) is 26.8 Å². The Morgan fingerprint density at radius 3 is 2.48 bits per heavy atom. The lowest BCUT2D eigenvalue weighted by atomic mass is 10.1. The number of nitrogens with one attached hydrogen (secondary N) is 1. The highest BCUT2D eigenvalue weighted by atomic mass is 32.1. The highest BCUT2D eigenvalue weighted by Crippen LogP contribution is 2.40. The SMILES string of the molecule is COc1ccc2[nH]c(C)c(-c3csc(-c4cn(C(C)C)c5cc(OC)ccc45)n3)c2c1. The lowest BCUT2D eigenvalue weighted by Crippen LogP contribution is -1.98. The highest BCUT2D eigenvalue weighted by molar-refractivity contribution is 7.13. The molecule has 0 amide bonds. The van der Waals surface area contributed by atoms with Crippen molar-refractivity contribution < 1.29 is 9.47 Å². The summed E-state index contributed by atoms with van der Waals surface area (Å²) in [6.45, 7) is 6.48. The fraction of sp³-hybridized carbons (Fsp3) is 0.240. The normalized spacial score (nSPS) is 11.7. The van der Waals surface area contributed by atoms with Crippen molar-refractivity contribution >= 4 is 33.1 Å². The van der Waals surface area contributed by atoms with E-state index in [0.717, 1.165) is 55.4 Å². The summed E-state index contributed by atoms with van der Waals surface area (Å²) in [5.41, 5.74) is 6.62. The number of fused-ring (bicyclic) bond motifs is 2. The van der Waals surface area contributed by atoms with Crippen LogP contribution in [-0.4, -0.2) is 28.8 Å². The Bertz CT molecular complexity index is 1410. The Hall–Kier alpha value is -3.25. The topological polar surface area (TPSA) is 52.1 Å². The van der Waals surface area contributed by atoms with Crippen LogP contribution in [0, 0.1) is 6.92 Å². The summed E-state index contributed by atoms with van der Waals surface area (Å²) in [5.74, 6) is 1.71. The van der Waals surface area contributed by atoms with Crippen LogP contribution in [-0.2, 0) is 0 Å². The molecule has 2 aromatic carbocycles. The Labute approximate surface area is 185 Å². The molecule has 6 heteroatoms. The summed E-state index contributed by atoms with van der Waals surface area (Å²) >= 11 is 1.68. The number of rotatable bonds is 5. The molecular formula is C25H25N3O2S. The van der Waals surface area contributed by atoms with Gasteiger partial charge in [0.1, 0.15) is 16.5 Å². The van der Waals surface area contributed by atoms with Crippen LogP contribution in [0.3, 0.4) is 0 Å². The van der Waals surface area contributed by atoms with Crippen LogP contribution in [0.5, 0.6) is 11.5 Å². The van der Waals surface area contributed by atoms with E-state index in [1.54, 1.807) is 25.6 Å². The number of aryl methyl sites for hydroxylation is 1. The summed E-state index contributed by atoms with van der Waals surface area (Å²) < 4.78 is 13.2. The van der Waals surface area contributed by atoms with Gasteiger partial charge in [-0.2, -0.15) is 0 Å². The summed E-state index contributed by atoms with van der Waals surface area (Å²) in [6.07, 6.45) is 2.21. The second-order valence-corrected chi connectivity index (χ2v) is 8.86. The number of aromatic nitrogens is 3. The molecule has 0 bridgehead atoms. The third kappa shape index (κ3) is 3.18. The number of ether oxygens (including phenoxy) is 2. The van der Waals surface area contributed by atoms with Crippen LogP contribution in [0.1, 0.15) is 25.6 Å². The van der Waals surface area contributed by atoms with E-state index >= 15 is 0 Å². The van der Waals surface area contributed by atoms with Crippen LogP contribution in [0.2, 0.25) is 0 Å². The molecule has 5 aromatic rings. The molecule has 1 N–H and O–H groups in total. The van der Waals surface area contributed by atoms with E-state index < -0.39 is 0 Å². The molecule has 0 radical (unpaired) electrons. The summed E-state index contributed by atoms with van der Waals surface area (Å²) in [4.78, 5) is 8.55. The first-order valence-corrected chi connectivity index (χ1v) is 11.2. The molecule has 0 spiro atoms. The Balaban J connectivity index is 1.66. The molecule has 3 aromatic heterocycles. The van der Waals surface area contributed by atoms with Gasteiger partial charge in [0.15, 0.2) is 0 Å². The number of hydrogen-bond acceptors (Lipinski definition) is 4. The smallest absolute Gasteiger partial charge is 0.126 e. The van der Waals surface area contributed by atoms with Gasteiger partial charge in [0.2, 0.25) is 0 Å². The maximum atomic E-state index is 5.46. The van der Waals surface area contributed by atoms with Crippen LogP contribution in [0.15, 0.2) is 48.0 Å². The van der Waals surface area contributed by atoms with Crippen molar-refractivity contribution in [3.63, 3.8) is 0 Å². The number of methoxy groups -OCH3 is 2. The molecule has 3 heterocycles. The zero-order chi connectivity index (χ0) is 21.7. The minimum absolute atomic E-state index is 0.339. The molecule has 0 aliphatic heterocycles. The Morgan fingerprint density at radius 2 is 1.74 bits per heavy atom. The van der Waals surface area contributed by atoms with E-state index in [4.69, 9.17) is 14.5 Å². The van der Waals surface area contributed by atoms with Gasteiger partial charge in [-0.3, -0.25) is 0 Å². The summed E-state index contributed by atoms with van der Waals surface area (Å²) in [6, 6.07) is 12.7. The van der Waals surface area contributed by atoms with E-state index in [2.05, 4.69) is 66.2 Å². The van der Waals surface area contributed by atoms with E-state index in [1.165, 1.54) is 5.39 Å². The number of nitrogens with zero attached hydrogens (tertiary/aromatic N) is 2. The largest absolute Gasteiger partial charge is 0.497 e. The first-order valence-electron chi connectivity index (χ1n) is 10.3. The van der Waals surface area contributed by atoms with E-state index in [-0.39, 0.29) is 0 Å². The van der Waals surface area contributed by atoms with E-state index in [0.29, 0.717) is 6.04 Å². The van der Waals surface area contributed by atoms with Gasteiger partial charge >= 0.3 is 0 Å². The second-order valence-electron chi connectivity index (χ2n) is 8.00. The molecule has 0 atom stereocenters. The summed E-state index contributed by atoms with van der Waals surface area (Å²) in [5, 5.41) is 5.48. The third-order valence-corrected chi connectivity index (χ3v) is 6.66. The standard InChI is InChI=1S/C25H25N3O2S/c1-14(2)28-12-20(18-8-6-17(30-5)11-23(18)28)25-27-22(13-31-25)24-15(3)26-21-9-7-16(29-4)10-19(21)24/h6-14,26H,1-5H3. The summed E-state index contributed by atoms with van der Waals surface area (Å²) in [7, 11) is 3.40. The lowest BCUT2D eigenvalue weighted by Gasteiger charge is -2.09.